The molecular weight excluding hydrogens is 496 g/mol. The monoisotopic (exact) mass is 522 g/mol. The van der Waals surface area contributed by atoms with Gasteiger partial charge in [-0.15, -0.1) is 6.58 Å². The van der Waals surface area contributed by atoms with Crippen LogP contribution in [0.15, 0.2) is 40.4 Å². The Hall–Kier alpha value is -3.57. The second kappa shape index (κ2) is 10.1. The molecule has 0 radical (unpaired) electrons. The summed E-state index contributed by atoms with van der Waals surface area (Å²) in [4.78, 5) is 35.2. The molecule has 12 heteroatoms. The van der Waals surface area contributed by atoms with E-state index in [1.165, 1.54) is 0 Å². The normalized spacial score (nSPS) is 20.4. The second-order valence-electron chi connectivity index (χ2n) is 9.54. The number of morpholine rings is 1. The van der Waals surface area contributed by atoms with Gasteiger partial charge in [0, 0.05) is 37.6 Å². The lowest BCUT2D eigenvalue weighted by atomic mass is 9.82. The average Bonchev–Trinajstić information content (AvgIpc) is 3.53. The summed E-state index contributed by atoms with van der Waals surface area (Å²) in [6.07, 6.45) is 9.88. The zero-order chi connectivity index (χ0) is 25.4. The number of pyridine rings is 1. The molecule has 0 spiro atoms. The number of aromatic nitrogens is 7. The van der Waals surface area contributed by atoms with Crippen LogP contribution in [0.5, 0.6) is 0 Å². The number of halogens is 1. The first-order valence-corrected chi connectivity index (χ1v) is 12.9. The number of hydrogen-bond acceptors (Lipinski definition) is 9. The average molecular weight is 523 g/mol. The van der Waals surface area contributed by atoms with E-state index in [9.17, 15) is 4.79 Å². The van der Waals surface area contributed by atoms with Crippen molar-refractivity contribution in [3.8, 4) is 22.9 Å². The molecule has 0 bridgehead atoms. The lowest BCUT2D eigenvalue weighted by Crippen LogP contribution is -2.38. The van der Waals surface area contributed by atoms with Crippen LogP contribution in [0.2, 0.25) is 5.02 Å². The van der Waals surface area contributed by atoms with E-state index in [-0.39, 0.29) is 11.6 Å². The van der Waals surface area contributed by atoms with Crippen molar-refractivity contribution in [1.29, 1.82) is 0 Å². The number of allylic oxidation sites excluding steroid dienone is 1. The zero-order valence-corrected chi connectivity index (χ0v) is 21.0. The van der Waals surface area contributed by atoms with Crippen molar-refractivity contribution in [2.45, 2.75) is 32.2 Å². The van der Waals surface area contributed by atoms with Crippen LogP contribution in [-0.2, 0) is 11.3 Å². The van der Waals surface area contributed by atoms with Crippen molar-refractivity contribution in [3.05, 3.63) is 46.7 Å². The van der Waals surface area contributed by atoms with Crippen LogP contribution in [0.25, 0.3) is 34.1 Å². The predicted molar refractivity (Wildman–Crippen MR) is 138 cm³/mol. The maximum absolute atomic E-state index is 11.6. The molecule has 2 aliphatic rings. The smallest absolute Gasteiger partial charge is 0.378 e. The number of nitrogens with one attached hydrogen (secondary N) is 1. The maximum Gasteiger partial charge on any atom is 0.439 e. The third-order valence-corrected chi connectivity index (χ3v) is 7.38. The summed E-state index contributed by atoms with van der Waals surface area (Å²) in [5, 5.41) is 4.28. The first-order chi connectivity index (χ1) is 18.1. The standard InChI is InChI=1S/C25H27ClN8O3/c1-2-15-3-5-16(6-4-15)14-34-20-19(17-11-18(26)13-27-12-17)28-22(23-31-25(35)37-32-23)29-21(20)30-24(34)33-7-9-36-10-8-33/h2,11-13,15-16H,1,3-10,14H2,(H,31,32,35). The van der Waals surface area contributed by atoms with E-state index in [1.54, 1.807) is 12.4 Å². The van der Waals surface area contributed by atoms with Gasteiger partial charge in [-0.1, -0.05) is 22.8 Å². The Morgan fingerprint density at radius 1 is 1.14 bits per heavy atom. The summed E-state index contributed by atoms with van der Waals surface area (Å²) in [5.41, 5.74) is 2.64. The number of anilines is 1. The Morgan fingerprint density at radius 2 is 1.95 bits per heavy atom. The van der Waals surface area contributed by atoms with Crippen molar-refractivity contribution < 1.29 is 9.26 Å². The molecule has 1 saturated heterocycles. The minimum absolute atomic E-state index is 0.133. The Labute approximate surface area is 217 Å². The van der Waals surface area contributed by atoms with Gasteiger partial charge in [0.05, 0.1) is 18.2 Å². The number of rotatable bonds is 6. The molecule has 1 saturated carbocycles. The predicted octanol–water partition coefficient (Wildman–Crippen LogP) is 3.71. The van der Waals surface area contributed by atoms with Gasteiger partial charge in [-0.3, -0.25) is 14.5 Å². The second-order valence-corrected chi connectivity index (χ2v) is 9.98. The molecule has 0 aromatic carbocycles. The molecule has 6 rings (SSSR count). The van der Waals surface area contributed by atoms with Crippen molar-refractivity contribution in [3.63, 3.8) is 0 Å². The van der Waals surface area contributed by atoms with E-state index >= 15 is 0 Å². The van der Waals surface area contributed by atoms with Crippen molar-refractivity contribution in [2.75, 3.05) is 31.2 Å². The fourth-order valence-corrected chi connectivity index (χ4v) is 5.42. The molecular formula is C25H27ClN8O3. The van der Waals surface area contributed by atoms with E-state index in [1.807, 2.05) is 6.07 Å². The minimum Gasteiger partial charge on any atom is -0.378 e. The van der Waals surface area contributed by atoms with Crippen LogP contribution in [-0.4, -0.2) is 60.9 Å². The molecule has 192 valence electrons. The van der Waals surface area contributed by atoms with E-state index in [0.29, 0.717) is 41.4 Å². The Balaban J connectivity index is 1.54. The van der Waals surface area contributed by atoms with Gasteiger partial charge < -0.3 is 14.2 Å². The molecule has 1 aliphatic heterocycles. The molecule has 0 amide bonds. The lowest BCUT2D eigenvalue weighted by Gasteiger charge is -2.31. The SMILES string of the molecule is C=CC1CCC(Cn2c(N3CCOCC3)nc3nc(-c4noc(=O)[nH]4)nc(-c4cncc(Cl)c4)c32)CC1. The van der Waals surface area contributed by atoms with Gasteiger partial charge in [0.2, 0.25) is 17.6 Å². The van der Waals surface area contributed by atoms with Gasteiger partial charge in [-0.05, 0) is 43.6 Å². The van der Waals surface area contributed by atoms with Crippen LogP contribution >= 0.6 is 11.6 Å². The topological polar surface area (TPSA) is 128 Å². The molecule has 37 heavy (non-hydrogen) atoms. The molecule has 2 fully saturated rings. The molecule has 4 aromatic rings. The van der Waals surface area contributed by atoms with Gasteiger partial charge >= 0.3 is 5.76 Å². The van der Waals surface area contributed by atoms with E-state index in [4.69, 9.17) is 35.8 Å². The van der Waals surface area contributed by atoms with Gasteiger partial charge in [0.15, 0.2) is 5.65 Å². The highest BCUT2D eigenvalue weighted by atomic mass is 35.5. The molecule has 11 nitrogen and oxygen atoms in total. The van der Waals surface area contributed by atoms with Gasteiger partial charge in [0.1, 0.15) is 11.2 Å². The third kappa shape index (κ3) is 4.76. The van der Waals surface area contributed by atoms with Crippen molar-refractivity contribution in [2.24, 2.45) is 11.8 Å². The summed E-state index contributed by atoms with van der Waals surface area (Å²) in [6, 6.07) is 1.81. The Kier molecular flexibility index (Phi) is 6.47. The van der Waals surface area contributed by atoms with E-state index < -0.39 is 5.76 Å². The molecule has 4 aromatic heterocycles. The van der Waals surface area contributed by atoms with Crippen LogP contribution in [0.1, 0.15) is 25.7 Å². The van der Waals surface area contributed by atoms with Gasteiger partial charge in [-0.25, -0.2) is 14.8 Å². The Bertz CT molecular complexity index is 1480. The van der Waals surface area contributed by atoms with Crippen LogP contribution in [0.4, 0.5) is 5.95 Å². The molecule has 1 aliphatic carbocycles. The number of hydrogen-bond donors (Lipinski definition) is 1. The molecule has 1 N–H and O–H groups in total. The number of fused-ring (bicyclic) bond motifs is 1. The van der Waals surface area contributed by atoms with Gasteiger partial charge in [0.25, 0.3) is 0 Å². The number of H-pyrrole nitrogens is 1. The van der Waals surface area contributed by atoms with Crippen LogP contribution in [0.3, 0.4) is 0 Å². The number of imidazole rings is 1. The molecule has 5 heterocycles. The Morgan fingerprint density at radius 3 is 2.65 bits per heavy atom. The van der Waals surface area contributed by atoms with Crippen LogP contribution in [0, 0.1) is 11.8 Å². The molecule has 0 unspecified atom stereocenters. The highest BCUT2D eigenvalue weighted by Gasteiger charge is 2.28. The summed E-state index contributed by atoms with van der Waals surface area (Å²) < 4.78 is 12.6. The maximum atomic E-state index is 11.6. The first-order valence-electron chi connectivity index (χ1n) is 12.5. The fraction of sp³-hybridized carbons (Fsp3) is 0.440. The number of aromatic amines is 1. The van der Waals surface area contributed by atoms with Crippen LogP contribution < -0.4 is 10.7 Å². The summed E-state index contributed by atoms with van der Waals surface area (Å²) >= 11 is 6.32. The van der Waals surface area contributed by atoms with Crippen molar-refractivity contribution >= 4 is 28.7 Å². The zero-order valence-electron chi connectivity index (χ0n) is 20.3. The summed E-state index contributed by atoms with van der Waals surface area (Å²) in [7, 11) is 0. The summed E-state index contributed by atoms with van der Waals surface area (Å²) in [5.74, 6) is 1.56. The largest absolute Gasteiger partial charge is 0.439 e. The highest BCUT2D eigenvalue weighted by molar-refractivity contribution is 6.30. The van der Waals surface area contributed by atoms with Gasteiger partial charge in [-0.2, -0.15) is 4.98 Å². The number of ether oxygens (including phenoxy) is 1. The summed E-state index contributed by atoms with van der Waals surface area (Å²) in [6.45, 7) is 7.51. The van der Waals surface area contributed by atoms with E-state index in [2.05, 4.69) is 37.2 Å². The lowest BCUT2D eigenvalue weighted by molar-refractivity contribution is 0.121. The highest BCUT2D eigenvalue weighted by Crippen LogP contribution is 2.36. The number of nitrogens with zero attached hydrogens (tertiary/aromatic N) is 7. The van der Waals surface area contributed by atoms with Crippen molar-refractivity contribution in [1.82, 2.24) is 34.6 Å². The molecule has 0 atom stereocenters. The van der Waals surface area contributed by atoms with E-state index in [0.717, 1.165) is 62.3 Å². The fourth-order valence-electron chi connectivity index (χ4n) is 5.24. The quantitative estimate of drug-likeness (QED) is 0.377. The third-order valence-electron chi connectivity index (χ3n) is 7.17. The minimum atomic E-state index is -0.681. The first kappa shape index (κ1) is 23.8.